The van der Waals surface area contributed by atoms with Crippen LogP contribution in [0.1, 0.15) is 12.5 Å². The van der Waals surface area contributed by atoms with E-state index in [0.717, 1.165) is 25.2 Å². The number of hydrogen-bond acceptors (Lipinski definition) is 2. The summed E-state index contributed by atoms with van der Waals surface area (Å²) in [6.07, 6.45) is 3.38. The summed E-state index contributed by atoms with van der Waals surface area (Å²) < 4.78 is 0. The average molecular weight is 265 g/mol. The maximum absolute atomic E-state index is 12.1. The molecule has 1 saturated heterocycles. The second kappa shape index (κ2) is 6.03. The number of nitrogens with one attached hydrogen (secondary N) is 1. The molecule has 2 rings (SSSR count). The van der Waals surface area contributed by atoms with Crippen LogP contribution >= 0.6 is 11.6 Å². The highest BCUT2D eigenvalue weighted by Gasteiger charge is 2.20. The molecular formula is C14H17ClN2O. The summed E-state index contributed by atoms with van der Waals surface area (Å²) in [5.74, 6) is 0.0453. The van der Waals surface area contributed by atoms with Crippen LogP contribution in [-0.2, 0) is 4.79 Å². The Kier molecular flexibility index (Phi) is 4.39. The van der Waals surface area contributed by atoms with Crippen molar-refractivity contribution in [1.29, 1.82) is 0 Å². The van der Waals surface area contributed by atoms with Crippen LogP contribution < -0.4 is 5.32 Å². The van der Waals surface area contributed by atoms with Crippen molar-refractivity contribution in [3.63, 3.8) is 0 Å². The van der Waals surface area contributed by atoms with E-state index in [0.29, 0.717) is 5.02 Å². The standard InChI is InChI=1S/C14H17ClN2O/c1-11-10-16-8-9-17(11)14(18)7-6-12-4-2-3-5-13(12)15/h2-7,11,16H,8-10H2,1H3. The molecule has 4 heteroatoms. The summed E-state index contributed by atoms with van der Waals surface area (Å²) in [4.78, 5) is 13.9. The van der Waals surface area contributed by atoms with Gasteiger partial charge in [-0.2, -0.15) is 0 Å². The molecule has 1 aliphatic heterocycles. The van der Waals surface area contributed by atoms with E-state index in [4.69, 9.17) is 11.6 Å². The smallest absolute Gasteiger partial charge is 0.246 e. The van der Waals surface area contributed by atoms with Crippen LogP contribution in [0, 0.1) is 0 Å². The summed E-state index contributed by atoms with van der Waals surface area (Å²) in [7, 11) is 0. The minimum atomic E-state index is 0.0453. The Bertz CT molecular complexity index is 459. The fraction of sp³-hybridized carbons (Fsp3) is 0.357. The Balaban J connectivity index is 2.05. The van der Waals surface area contributed by atoms with Crippen LogP contribution in [0.5, 0.6) is 0 Å². The van der Waals surface area contributed by atoms with Crippen molar-refractivity contribution in [1.82, 2.24) is 10.2 Å². The molecule has 0 aromatic heterocycles. The normalized spacial score (nSPS) is 20.3. The third kappa shape index (κ3) is 3.12. The minimum Gasteiger partial charge on any atom is -0.334 e. The van der Waals surface area contributed by atoms with Crippen molar-refractivity contribution >= 4 is 23.6 Å². The van der Waals surface area contributed by atoms with Crippen molar-refractivity contribution in [2.45, 2.75) is 13.0 Å². The molecule has 1 unspecified atom stereocenters. The van der Waals surface area contributed by atoms with Gasteiger partial charge in [0, 0.05) is 36.8 Å². The second-order valence-electron chi connectivity index (χ2n) is 4.44. The number of halogens is 1. The van der Waals surface area contributed by atoms with Gasteiger partial charge in [0.15, 0.2) is 0 Å². The van der Waals surface area contributed by atoms with E-state index in [1.807, 2.05) is 36.1 Å². The quantitative estimate of drug-likeness (QED) is 0.831. The zero-order valence-electron chi connectivity index (χ0n) is 10.4. The van der Waals surface area contributed by atoms with E-state index >= 15 is 0 Å². The van der Waals surface area contributed by atoms with Crippen molar-refractivity contribution in [3.05, 3.63) is 40.9 Å². The lowest BCUT2D eigenvalue weighted by atomic mass is 10.2. The van der Waals surface area contributed by atoms with E-state index in [2.05, 4.69) is 5.32 Å². The number of nitrogens with zero attached hydrogens (tertiary/aromatic N) is 1. The van der Waals surface area contributed by atoms with Crippen LogP contribution in [0.15, 0.2) is 30.3 Å². The molecule has 0 aliphatic carbocycles. The summed E-state index contributed by atoms with van der Waals surface area (Å²) in [5, 5.41) is 3.93. The monoisotopic (exact) mass is 264 g/mol. The maximum atomic E-state index is 12.1. The highest BCUT2D eigenvalue weighted by Crippen LogP contribution is 2.16. The molecule has 1 aromatic rings. The van der Waals surface area contributed by atoms with Crippen molar-refractivity contribution in [3.8, 4) is 0 Å². The molecule has 1 heterocycles. The molecule has 1 amide bonds. The first-order chi connectivity index (χ1) is 8.68. The minimum absolute atomic E-state index is 0.0453. The predicted octanol–water partition coefficient (Wildman–Crippen LogP) is 2.17. The molecule has 1 N–H and O–H groups in total. The summed E-state index contributed by atoms with van der Waals surface area (Å²) in [5.41, 5.74) is 0.871. The average Bonchev–Trinajstić information content (AvgIpc) is 2.38. The zero-order valence-corrected chi connectivity index (χ0v) is 11.2. The highest BCUT2D eigenvalue weighted by molar-refractivity contribution is 6.32. The Labute approximate surface area is 112 Å². The Morgan fingerprint density at radius 3 is 3.00 bits per heavy atom. The lowest BCUT2D eigenvalue weighted by Crippen LogP contribution is -2.51. The fourth-order valence-electron chi connectivity index (χ4n) is 2.04. The van der Waals surface area contributed by atoms with Gasteiger partial charge in [-0.3, -0.25) is 4.79 Å². The molecule has 18 heavy (non-hydrogen) atoms. The summed E-state index contributed by atoms with van der Waals surface area (Å²) in [6, 6.07) is 7.73. The molecule has 96 valence electrons. The molecular weight excluding hydrogens is 248 g/mol. The zero-order chi connectivity index (χ0) is 13.0. The van der Waals surface area contributed by atoms with Gasteiger partial charge in [0.2, 0.25) is 5.91 Å². The Hall–Kier alpha value is -1.32. The van der Waals surface area contributed by atoms with Gasteiger partial charge >= 0.3 is 0 Å². The molecule has 1 aliphatic rings. The topological polar surface area (TPSA) is 32.3 Å². The first kappa shape index (κ1) is 13.1. The van der Waals surface area contributed by atoms with E-state index < -0.39 is 0 Å². The fourth-order valence-corrected chi connectivity index (χ4v) is 2.23. The van der Waals surface area contributed by atoms with E-state index in [9.17, 15) is 4.79 Å². The van der Waals surface area contributed by atoms with Crippen LogP contribution in [0.2, 0.25) is 5.02 Å². The van der Waals surface area contributed by atoms with Crippen LogP contribution in [0.3, 0.4) is 0 Å². The third-order valence-corrected chi connectivity index (χ3v) is 3.44. The van der Waals surface area contributed by atoms with Gasteiger partial charge in [0.1, 0.15) is 0 Å². The van der Waals surface area contributed by atoms with E-state index in [-0.39, 0.29) is 11.9 Å². The van der Waals surface area contributed by atoms with Crippen molar-refractivity contribution < 1.29 is 4.79 Å². The van der Waals surface area contributed by atoms with Gasteiger partial charge in [-0.05, 0) is 24.6 Å². The van der Waals surface area contributed by atoms with Gasteiger partial charge in [0.05, 0.1) is 0 Å². The van der Waals surface area contributed by atoms with Crippen LogP contribution in [-0.4, -0.2) is 36.5 Å². The van der Waals surface area contributed by atoms with Crippen molar-refractivity contribution in [2.24, 2.45) is 0 Å². The molecule has 1 aromatic carbocycles. The summed E-state index contributed by atoms with van der Waals surface area (Å²) >= 11 is 6.04. The molecule has 3 nitrogen and oxygen atoms in total. The van der Waals surface area contributed by atoms with Gasteiger partial charge in [0.25, 0.3) is 0 Å². The number of rotatable bonds is 2. The van der Waals surface area contributed by atoms with Crippen LogP contribution in [0.4, 0.5) is 0 Å². The lowest BCUT2D eigenvalue weighted by Gasteiger charge is -2.33. The van der Waals surface area contributed by atoms with Gasteiger partial charge in [-0.25, -0.2) is 0 Å². The molecule has 1 fully saturated rings. The number of carbonyl (C=O) groups excluding carboxylic acids is 1. The van der Waals surface area contributed by atoms with E-state index in [1.54, 1.807) is 12.2 Å². The Morgan fingerprint density at radius 2 is 2.28 bits per heavy atom. The molecule has 0 saturated carbocycles. The SMILES string of the molecule is CC1CNCCN1C(=O)C=Cc1ccccc1Cl. The van der Waals surface area contributed by atoms with Gasteiger partial charge in [-0.1, -0.05) is 29.8 Å². The predicted molar refractivity (Wildman–Crippen MR) is 74.5 cm³/mol. The summed E-state index contributed by atoms with van der Waals surface area (Å²) in [6.45, 7) is 4.52. The second-order valence-corrected chi connectivity index (χ2v) is 4.85. The first-order valence-electron chi connectivity index (χ1n) is 6.12. The molecule has 1 atom stereocenters. The Morgan fingerprint density at radius 1 is 1.50 bits per heavy atom. The van der Waals surface area contributed by atoms with E-state index in [1.165, 1.54) is 0 Å². The van der Waals surface area contributed by atoms with Crippen LogP contribution in [0.25, 0.3) is 6.08 Å². The number of piperazine rings is 1. The van der Waals surface area contributed by atoms with Gasteiger partial charge < -0.3 is 10.2 Å². The number of hydrogen-bond donors (Lipinski definition) is 1. The third-order valence-electron chi connectivity index (χ3n) is 3.10. The largest absolute Gasteiger partial charge is 0.334 e. The molecule has 0 spiro atoms. The first-order valence-corrected chi connectivity index (χ1v) is 6.50. The number of benzene rings is 1. The lowest BCUT2D eigenvalue weighted by molar-refractivity contribution is -0.128. The molecule has 0 radical (unpaired) electrons. The molecule has 0 bridgehead atoms. The maximum Gasteiger partial charge on any atom is 0.246 e. The number of amides is 1. The van der Waals surface area contributed by atoms with Crippen molar-refractivity contribution in [2.75, 3.05) is 19.6 Å². The van der Waals surface area contributed by atoms with Gasteiger partial charge in [-0.15, -0.1) is 0 Å². The number of carbonyl (C=O) groups is 1. The highest BCUT2D eigenvalue weighted by atomic mass is 35.5.